The molecule has 2 heterocycles. The normalized spacial score (nSPS) is 22.3. The zero-order chi connectivity index (χ0) is 19.9. The van der Waals surface area contributed by atoms with Gasteiger partial charge in [0.1, 0.15) is 15.4 Å². The number of rotatable bonds is 2. The van der Waals surface area contributed by atoms with Gasteiger partial charge in [-0.1, -0.05) is 11.6 Å². The molecule has 146 valence electrons. The van der Waals surface area contributed by atoms with Gasteiger partial charge in [-0.15, -0.1) is 0 Å². The molecule has 1 aromatic heterocycles. The molecule has 0 spiro atoms. The lowest BCUT2D eigenvalue weighted by Crippen LogP contribution is -2.57. The molecule has 26 heavy (non-hydrogen) atoms. The van der Waals surface area contributed by atoms with Crippen LogP contribution in [0.15, 0.2) is 16.7 Å². The highest BCUT2D eigenvalue weighted by Crippen LogP contribution is 2.33. The van der Waals surface area contributed by atoms with Crippen molar-refractivity contribution in [2.24, 2.45) is 0 Å². The SMILES string of the molecule is C[C@@H]1CN(C(=O)OC(C)(C)C)C[C@@H](c2cc(Cl)nc(Br)c2)N1S(C)(=O)=O. The van der Waals surface area contributed by atoms with E-state index in [0.29, 0.717) is 10.2 Å². The fourth-order valence-electron chi connectivity index (χ4n) is 3.03. The quantitative estimate of drug-likeness (QED) is 0.621. The van der Waals surface area contributed by atoms with Crippen molar-refractivity contribution in [3.8, 4) is 0 Å². The van der Waals surface area contributed by atoms with Crippen LogP contribution in [-0.2, 0) is 14.8 Å². The number of sulfonamides is 1. The van der Waals surface area contributed by atoms with Gasteiger partial charge in [0, 0.05) is 19.1 Å². The summed E-state index contributed by atoms with van der Waals surface area (Å²) < 4.78 is 32.1. The maximum Gasteiger partial charge on any atom is 0.410 e. The first kappa shape index (κ1) is 21.4. The Morgan fingerprint density at radius 3 is 2.46 bits per heavy atom. The molecule has 0 bridgehead atoms. The summed E-state index contributed by atoms with van der Waals surface area (Å²) in [6.07, 6.45) is 0.694. The number of aromatic nitrogens is 1. The Balaban J connectivity index is 2.42. The van der Waals surface area contributed by atoms with E-state index in [0.717, 1.165) is 6.26 Å². The predicted molar refractivity (Wildman–Crippen MR) is 104 cm³/mol. The van der Waals surface area contributed by atoms with Crippen molar-refractivity contribution in [2.75, 3.05) is 19.3 Å². The average molecular weight is 469 g/mol. The Bertz CT molecular complexity index is 777. The third-order valence-electron chi connectivity index (χ3n) is 3.82. The third kappa shape index (κ3) is 5.31. The Morgan fingerprint density at radius 2 is 1.96 bits per heavy atom. The monoisotopic (exact) mass is 467 g/mol. The van der Waals surface area contributed by atoms with Crippen LogP contribution in [0.2, 0.25) is 5.15 Å². The fourth-order valence-corrected chi connectivity index (χ4v) is 5.18. The van der Waals surface area contributed by atoms with Crippen molar-refractivity contribution in [1.29, 1.82) is 0 Å². The predicted octanol–water partition coefficient (Wildman–Crippen LogP) is 3.44. The van der Waals surface area contributed by atoms with E-state index < -0.39 is 33.8 Å². The standard InChI is InChI=1S/C16H23BrClN3O4S/c1-10-8-20(15(22)25-16(2,3)4)9-12(21(10)26(5,23)24)11-6-13(17)19-14(18)7-11/h6-7,10,12H,8-9H2,1-5H3/t10-,12+/m1/s1. The number of nitrogens with zero attached hydrogens (tertiary/aromatic N) is 3. The number of hydrogen-bond donors (Lipinski definition) is 0. The van der Waals surface area contributed by atoms with Crippen LogP contribution in [0.5, 0.6) is 0 Å². The molecule has 0 aliphatic carbocycles. The largest absolute Gasteiger partial charge is 0.444 e. The van der Waals surface area contributed by atoms with Crippen molar-refractivity contribution >= 4 is 43.6 Å². The number of piperazine rings is 1. The number of pyridine rings is 1. The van der Waals surface area contributed by atoms with Crippen LogP contribution in [0.3, 0.4) is 0 Å². The van der Waals surface area contributed by atoms with E-state index in [-0.39, 0.29) is 18.2 Å². The Morgan fingerprint density at radius 1 is 1.35 bits per heavy atom. The molecule has 1 aliphatic rings. The van der Waals surface area contributed by atoms with Crippen LogP contribution >= 0.6 is 27.5 Å². The number of carbonyl (C=O) groups excluding carboxylic acids is 1. The molecule has 10 heteroatoms. The summed E-state index contributed by atoms with van der Waals surface area (Å²) in [5.41, 5.74) is 0.0229. The molecule has 7 nitrogen and oxygen atoms in total. The van der Waals surface area contributed by atoms with Crippen LogP contribution < -0.4 is 0 Å². The van der Waals surface area contributed by atoms with Gasteiger partial charge >= 0.3 is 6.09 Å². The molecule has 1 fully saturated rings. The summed E-state index contributed by atoms with van der Waals surface area (Å²) in [4.78, 5) is 18.1. The molecule has 1 aromatic rings. The Kier molecular flexibility index (Phi) is 6.27. The van der Waals surface area contributed by atoms with Gasteiger partial charge < -0.3 is 9.64 Å². The van der Waals surface area contributed by atoms with Crippen LogP contribution in [0.4, 0.5) is 4.79 Å². The molecule has 2 atom stereocenters. The first-order valence-electron chi connectivity index (χ1n) is 8.07. The van der Waals surface area contributed by atoms with E-state index in [1.807, 2.05) is 0 Å². The lowest BCUT2D eigenvalue weighted by Gasteiger charge is -2.44. The van der Waals surface area contributed by atoms with Gasteiger partial charge in [-0.2, -0.15) is 4.31 Å². The second-order valence-corrected chi connectivity index (χ2v) is 10.5. The Hall–Kier alpha value is -0.900. The van der Waals surface area contributed by atoms with E-state index >= 15 is 0 Å². The number of carbonyl (C=O) groups is 1. The molecular weight excluding hydrogens is 446 g/mol. The molecule has 1 amide bonds. The Labute approximate surface area is 167 Å². The summed E-state index contributed by atoms with van der Waals surface area (Å²) >= 11 is 9.32. The van der Waals surface area contributed by atoms with E-state index in [1.165, 1.54) is 9.21 Å². The van der Waals surface area contributed by atoms with E-state index in [2.05, 4.69) is 20.9 Å². The van der Waals surface area contributed by atoms with Crippen molar-refractivity contribution in [3.05, 3.63) is 27.5 Å². The minimum absolute atomic E-state index is 0.166. The van der Waals surface area contributed by atoms with Gasteiger partial charge in [0.2, 0.25) is 10.0 Å². The number of halogens is 2. The van der Waals surface area contributed by atoms with Gasteiger partial charge in [-0.3, -0.25) is 0 Å². The first-order valence-corrected chi connectivity index (χ1v) is 11.1. The van der Waals surface area contributed by atoms with Crippen molar-refractivity contribution in [2.45, 2.75) is 45.4 Å². The van der Waals surface area contributed by atoms with Gasteiger partial charge in [0.25, 0.3) is 0 Å². The second kappa shape index (κ2) is 7.61. The number of ether oxygens (including phenoxy) is 1. The molecule has 0 aromatic carbocycles. The topological polar surface area (TPSA) is 79.8 Å². The fraction of sp³-hybridized carbons (Fsp3) is 0.625. The molecule has 1 aliphatic heterocycles. The minimum Gasteiger partial charge on any atom is -0.444 e. The summed E-state index contributed by atoms with van der Waals surface area (Å²) in [7, 11) is -3.51. The van der Waals surface area contributed by atoms with Gasteiger partial charge in [-0.05, 0) is 61.3 Å². The first-order chi connectivity index (χ1) is 11.8. The highest BCUT2D eigenvalue weighted by molar-refractivity contribution is 9.10. The maximum absolute atomic E-state index is 12.5. The van der Waals surface area contributed by atoms with Gasteiger partial charge in [-0.25, -0.2) is 18.2 Å². The van der Waals surface area contributed by atoms with E-state index in [4.69, 9.17) is 16.3 Å². The van der Waals surface area contributed by atoms with Gasteiger partial charge in [0.05, 0.1) is 12.3 Å². The highest BCUT2D eigenvalue weighted by atomic mass is 79.9. The third-order valence-corrected chi connectivity index (χ3v) is 5.80. The zero-order valence-corrected chi connectivity index (χ0v) is 18.5. The van der Waals surface area contributed by atoms with E-state index in [1.54, 1.807) is 39.8 Å². The molecule has 0 N–H and O–H groups in total. The highest BCUT2D eigenvalue weighted by Gasteiger charge is 2.41. The molecule has 0 unspecified atom stereocenters. The van der Waals surface area contributed by atoms with Crippen molar-refractivity contribution < 1.29 is 17.9 Å². The average Bonchev–Trinajstić information content (AvgIpc) is 2.42. The van der Waals surface area contributed by atoms with Crippen molar-refractivity contribution in [3.63, 3.8) is 0 Å². The molecule has 2 rings (SSSR count). The second-order valence-electron chi connectivity index (χ2n) is 7.39. The number of hydrogen-bond acceptors (Lipinski definition) is 5. The maximum atomic E-state index is 12.5. The van der Waals surface area contributed by atoms with Crippen molar-refractivity contribution in [1.82, 2.24) is 14.2 Å². The molecule has 0 saturated carbocycles. The summed E-state index contributed by atoms with van der Waals surface area (Å²) in [6, 6.07) is 2.32. The lowest BCUT2D eigenvalue weighted by molar-refractivity contribution is 0.00573. The zero-order valence-electron chi connectivity index (χ0n) is 15.4. The van der Waals surface area contributed by atoms with Gasteiger partial charge in [0.15, 0.2) is 0 Å². The molecule has 1 saturated heterocycles. The van der Waals surface area contributed by atoms with Crippen LogP contribution in [0.25, 0.3) is 0 Å². The van der Waals surface area contributed by atoms with Crippen LogP contribution in [0.1, 0.15) is 39.3 Å². The molecule has 0 radical (unpaired) electrons. The summed E-state index contributed by atoms with van der Waals surface area (Å²) in [5, 5.41) is 0.241. The summed E-state index contributed by atoms with van der Waals surface area (Å²) in [5.74, 6) is 0. The summed E-state index contributed by atoms with van der Waals surface area (Å²) in [6.45, 7) is 7.55. The smallest absolute Gasteiger partial charge is 0.410 e. The molecular formula is C16H23BrClN3O4S. The number of amides is 1. The van der Waals surface area contributed by atoms with Crippen LogP contribution in [0, 0.1) is 0 Å². The lowest BCUT2D eigenvalue weighted by atomic mass is 10.0. The minimum atomic E-state index is -3.51. The van der Waals surface area contributed by atoms with Crippen LogP contribution in [-0.4, -0.2) is 59.7 Å². The van der Waals surface area contributed by atoms with E-state index in [9.17, 15) is 13.2 Å².